The summed E-state index contributed by atoms with van der Waals surface area (Å²) in [6.07, 6.45) is -0.245. The summed E-state index contributed by atoms with van der Waals surface area (Å²) in [6.45, 7) is 0.769. The van der Waals surface area contributed by atoms with E-state index in [4.69, 9.17) is 5.11 Å². The standard InChI is InChI=1S/C8H16FNO2/c9-4-7(11)3-6-5-10-2-1-8(6)12/h6-8,10-12H,1-5H2. The van der Waals surface area contributed by atoms with Gasteiger partial charge >= 0.3 is 0 Å². The molecule has 72 valence electrons. The number of aliphatic hydroxyl groups is 2. The van der Waals surface area contributed by atoms with Gasteiger partial charge in [0.15, 0.2) is 0 Å². The maximum absolute atomic E-state index is 11.9. The molecule has 0 spiro atoms. The molecule has 0 aromatic carbocycles. The third-order valence-electron chi connectivity index (χ3n) is 2.32. The normalized spacial score (nSPS) is 33.2. The molecule has 0 bridgehead atoms. The number of hydrogen-bond acceptors (Lipinski definition) is 3. The predicted octanol–water partition coefficient (Wildman–Crippen LogP) is -0.323. The average Bonchev–Trinajstić information content (AvgIpc) is 2.09. The van der Waals surface area contributed by atoms with Gasteiger partial charge in [-0.2, -0.15) is 0 Å². The van der Waals surface area contributed by atoms with Crippen LogP contribution in [0.25, 0.3) is 0 Å². The highest BCUT2D eigenvalue weighted by atomic mass is 19.1. The van der Waals surface area contributed by atoms with E-state index in [0.717, 1.165) is 6.54 Å². The summed E-state index contributed by atoms with van der Waals surface area (Å²) in [5.41, 5.74) is 0. The number of piperidine rings is 1. The maximum atomic E-state index is 11.9. The molecule has 0 aromatic heterocycles. The van der Waals surface area contributed by atoms with Gasteiger partial charge in [0.2, 0.25) is 0 Å². The Morgan fingerprint density at radius 2 is 2.33 bits per heavy atom. The molecule has 3 unspecified atom stereocenters. The van der Waals surface area contributed by atoms with Crippen molar-refractivity contribution in [3.8, 4) is 0 Å². The summed E-state index contributed by atoms with van der Waals surface area (Å²) in [5, 5.41) is 21.6. The molecule has 1 heterocycles. The van der Waals surface area contributed by atoms with Crippen LogP contribution in [0.1, 0.15) is 12.8 Å². The van der Waals surface area contributed by atoms with Crippen molar-refractivity contribution in [2.75, 3.05) is 19.8 Å². The van der Waals surface area contributed by atoms with E-state index in [2.05, 4.69) is 5.32 Å². The second-order valence-corrected chi connectivity index (χ2v) is 3.36. The van der Waals surface area contributed by atoms with Crippen LogP contribution in [-0.2, 0) is 0 Å². The third-order valence-corrected chi connectivity index (χ3v) is 2.32. The molecular weight excluding hydrogens is 161 g/mol. The molecule has 4 heteroatoms. The topological polar surface area (TPSA) is 52.5 Å². The lowest BCUT2D eigenvalue weighted by Gasteiger charge is -2.29. The summed E-state index contributed by atoms with van der Waals surface area (Å²) in [5.74, 6) is 0.00417. The van der Waals surface area contributed by atoms with Gasteiger partial charge in [0.1, 0.15) is 6.67 Å². The van der Waals surface area contributed by atoms with Gasteiger partial charge in [-0.15, -0.1) is 0 Å². The molecule has 12 heavy (non-hydrogen) atoms. The molecule has 1 aliphatic heterocycles. The first kappa shape index (κ1) is 9.89. The lowest BCUT2D eigenvalue weighted by atomic mass is 9.91. The Bertz CT molecular complexity index is 134. The van der Waals surface area contributed by atoms with Gasteiger partial charge in [-0.1, -0.05) is 0 Å². The average molecular weight is 177 g/mol. The number of halogens is 1. The van der Waals surface area contributed by atoms with E-state index in [0.29, 0.717) is 19.4 Å². The zero-order valence-electron chi connectivity index (χ0n) is 7.04. The number of rotatable bonds is 3. The zero-order chi connectivity index (χ0) is 8.97. The first-order valence-corrected chi connectivity index (χ1v) is 4.37. The number of alkyl halides is 1. The van der Waals surface area contributed by atoms with Crippen LogP contribution in [0.2, 0.25) is 0 Å². The Morgan fingerprint density at radius 1 is 1.58 bits per heavy atom. The molecule has 3 N–H and O–H groups in total. The highest BCUT2D eigenvalue weighted by Gasteiger charge is 2.24. The van der Waals surface area contributed by atoms with Crippen molar-refractivity contribution in [3.63, 3.8) is 0 Å². The van der Waals surface area contributed by atoms with Crippen molar-refractivity contribution >= 4 is 0 Å². The molecular formula is C8H16FNO2. The summed E-state index contributed by atoms with van der Waals surface area (Å²) < 4.78 is 11.9. The molecule has 0 amide bonds. The maximum Gasteiger partial charge on any atom is 0.115 e. The predicted molar refractivity (Wildman–Crippen MR) is 43.6 cm³/mol. The molecule has 3 nitrogen and oxygen atoms in total. The molecule has 0 aliphatic carbocycles. The van der Waals surface area contributed by atoms with Crippen LogP contribution in [-0.4, -0.2) is 42.2 Å². The van der Waals surface area contributed by atoms with Gasteiger partial charge in [-0.3, -0.25) is 0 Å². The van der Waals surface area contributed by atoms with Crippen molar-refractivity contribution in [2.24, 2.45) is 5.92 Å². The Morgan fingerprint density at radius 3 is 2.92 bits per heavy atom. The highest BCUT2D eigenvalue weighted by molar-refractivity contribution is 4.79. The van der Waals surface area contributed by atoms with Crippen LogP contribution in [0.15, 0.2) is 0 Å². The van der Waals surface area contributed by atoms with Crippen molar-refractivity contribution in [1.29, 1.82) is 0 Å². The fourth-order valence-corrected chi connectivity index (χ4v) is 1.56. The van der Waals surface area contributed by atoms with Gasteiger partial charge in [0, 0.05) is 6.54 Å². The minimum Gasteiger partial charge on any atom is -0.393 e. The molecule has 1 fully saturated rings. The van der Waals surface area contributed by atoms with Gasteiger partial charge in [0.05, 0.1) is 12.2 Å². The zero-order valence-corrected chi connectivity index (χ0v) is 7.04. The van der Waals surface area contributed by atoms with Crippen LogP contribution in [0.4, 0.5) is 4.39 Å². The van der Waals surface area contributed by atoms with E-state index in [1.165, 1.54) is 0 Å². The van der Waals surface area contributed by atoms with Gasteiger partial charge < -0.3 is 15.5 Å². The largest absolute Gasteiger partial charge is 0.393 e. The molecule has 0 saturated carbocycles. The van der Waals surface area contributed by atoms with Crippen molar-refractivity contribution < 1.29 is 14.6 Å². The minimum atomic E-state index is -0.912. The van der Waals surface area contributed by atoms with Crippen LogP contribution in [0.5, 0.6) is 0 Å². The monoisotopic (exact) mass is 177 g/mol. The molecule has 1 aliphatic rings. The van der Waals surface area contributed by atoms with E-state index in [1.54, 1.807) is 0 Å². The smallest absolute Gasteiger partial charge is 0.115 e. The van der Waals surface area contributed by atoms with Crippen LogP contribution in [0, 0.1) is 5.92 Å². The van der Waals surface area contributed by atoms with Gasteiger partial charge in [0.25, 0.3) is 0 Å². The Hall–Kier alpha value is -0.190. The van der Waals surface area contributed by atoms with Crippen LogP contribution >= 0.6 is 0 Å². The van der Waals surface area contributed by atoms with Crippen molar-refractivity contribution in [2.45, 2.75) is 25.0 Å². The van der Waals surface area contributed by atoms with E-state index < -0.39 is 12.8 Å². The SMILES string of the molecule is OC(CF)CC1CNCCC1O. The second-order valence-electron chi connectivity index (χ2n) is 3.36. The Labute approximate surface area is 71.6 Å². The molecule has 3 atom stereocenters. The minimum absolute atomic E-state index is 0.00417. The van der Waals surface area contributed by atoms with Crippen LogP contribution < -0.4 is 5.32 Å². The molecule has 0 radical (unpaired) electrons. The lowest BCUT2D eigenvalue weighted by molar-refractivity contribution is 0.0342. The first-order valence-electron chi connectivity index (χ1n) is 4.37. The van der Waals surface area contributed by atoms with E-state index in [-0.39, 0.29) is 12.0 Å². The fraction of sp³-hybridized carbons (Fsp3) is 1.00. The van der Waals surface area contributed by atoms with E-state index >= 15 is 0 Å². The van der Waals surface area contributed by atoms with Gasteiger partial charge in [-0.05, 0) is 25.3 Å². The van der Waals surface area contributed by atoms with Crippen molar-refractivity contribution in [3.05, 3.63) is 0 Å². The highest BCUT2D eigenvalue weighted by Crippen LogP contribution is 2.16. The van der Waals surface area contributed by atoms with E-state index in [9.17, 15) is 9.50 Å². The molecule has 1 rings (SSSR count). The summed E-state index contributed by atoms with van der Waals surface area (Å²) in [6, 6.07) is 0. The number of hydrogen-bond donors (Lipinski definition) is 3. The van der Waals surface area contributed by atoms with Crippen LogP contribution in [0.3, 0.4) is 0 Å². The summed E-state index contributed by atoms with van der Waals surface area (Å²) in [4.78, 5) is 0. The third kappa shape index (κ3) is 2.69. The van der Waals surface area contributed by atoms with E-state index in [1.807, 2.05) is 0 Å². The summed E-state index contributed by atoms with van der Waals surface area (Å²) in [7, 11) is 0. The quantitative estimate of drug-likeness (QED) is 0.553. The number of nitrogens with one attached hydrogen (secondary N) is 1. The lowest BCUT2D eigenvalue weighted by Crippen LogP contribution is -2.41. The fourth-order valence-electron chi connectivity index (χ4n) is 1.56. The first-order chi connectivity index (χ1) is 5.74. The van der Waals surface area contributed by atoms with Crippen molar-refractivity contribution in [1.82, 2.24) is 5.32 Å². The Kier molecular flexibility index (Phi) is 3.91. The van der Waals surface area contributed by atoms with Gasteiger partial charge in [-0.25, -0.2) is 4.39 Å². The summed E-state index contributed by atoms with van der Waals surface area (Å²) >= 11 is 0. The molecule has 0 aromatic rings. The number of aliphatic hydroxyl groups excluding tert-OH is 2. The molecule has 1 saturated heterocycles. The Balaban J connectivity index is 2.28. The second kappa shape index (κ2) is 4.74.